The van der Waals surface area contributed by atoms with Crippen LogP contribution in [0.4, 0.5) is 5.69 Å². The molecule has 0 aliphatic rings. The molecule has 0 bridgehead atoms. The molecule has 0 heterocycles. The summed E-state index contributed by atoms with van der Waals surface area (Å²) >= 11 is 8.20. The Balaban J connectivity index is 1.80. The molecule has 3 aromatic rings. The predicted molar refractivity (Wildman–Crippen MR) is 125 cm³/mol. The van der Waals surface area contributed by atoms with E-state index in [2.05, 4.69) is 53.6 Å². The molecule has 5 heteroatoms. The second-order valence-corrected chi connectivity index (χ2v) is 8.10. The van der Waals surface area contributed by atoms with Crippen LogP contribution in [-0.4, -0.2) is 13.3 Å². The standard InChI is InChI=1S/C23H21ClINO2/c1-15-4-9-21(16(2)10-15)26-13-18-11-20(25)23(22(12-18)27-3)28-14-17-5-7-19(24)8-6-17/h4-13H,14H2,1-3H3. The molecule has 0 aromatic heterocycles. The smallest absolute Gasteiger partial charge is 0.174 e. The summed E-state index contributed by atoms with van der Waals surface area (Å²) in [6, 6.07) is 17.8. The van der Waals surface area contributed by atoms with Crippen LogP contribution in [-0.2, 0) is 6.61 Å². The van der Waals surface area contributed by atoms with E-state index < -0.39 is 0 Å². The van der Waals surface area contributed by atoms with Crippen LogP contribution < -0.4 is 9.47 Å². The molecule has 3 aromatic carbocycles. The van der Waals surface area contributed by atoms with E-state index in [1.165, 1.54) is 5.56 Å². The van der Waals surface area contributed by atoms with Gasteiger partial charge in [-0.3, -0.25) is 4.99 Å². The fourth-order valence-electron chi connectivity index (χ4n) is 2.78. The van der Waals surface area contributed by atoms with Crippen LogP contribution in [0.25, 0.3) is 0 Å². The first-order valence-electron chi connectivity index (χ1n) is 8.82. The molecule has 0 saturated carbocycles. The summed E-state index contributed by atoms with van der Waals surface area (Å²) in [5.41, 5.74) is 5.35. The molecule has 0 spiro atoms. The van der Waals surface area contributed by atoms with Crippen LogP contribution in [0, 0.1) is 17.4 Å². The average molecular weight is 506 g/mol. The van der Waals surface area contributed by atoms with E-state index in [1.807, 2.05) is 48.7 Å². The van der Waals surface area contributed by atoms with Crippen LogP contribution >= 0.6 is 34.2 Å². The van der Waals surface area contributed by atoms with Crippen molar-refractivity contribution < 1.29 is 9.47 Å². The van der Waals surface area contributed by atoms with Crippen molar-refractivity contribution in [3.63, 3.8) is 0 Å². The number of rotatable bonds is 6. The second-order valence-electron chi connectivity index (χ2n) is 6.50. The van der Waals surface area contributed by atoms with Gasteiger partial charge < -0.3 is 9.47 Å². The largest absolute Gasteiger partial charge is 0.493 e. The van der Waals surface area contributed by atoms with Gasteiger partial charge in [-0.1, -0.05) is 41.4 Å². The Hall–Kier alpha value is -2.05. The molecular weight excluding hydrogens is 485 g/mol. The number of hydrogen-bond acceptors (Lipinski definition) is 3. The van der Waals surface area contributed by atoms with Gasteiger partial charge in [0.05, 0.1) is 16.4 Å². The Kier molecular flexibility index (Phi) is 6.97. The van der Waals surface area contributed by atoms with Gasteiger partial charge in [0.25, 0.3) is 0 Å². The normalized spacial score (nSPS) is 11.0. The zero-order valence-corrected chi connectivity index (χ0v) is 18.9. The third-order valence-electron chi connectivity index (χ3n) is 4.25. The molecule has 0 atom stereocenters. The number of nitrogens with zero attached hydrogens (tertiary/aromatic N) is 1. The van der Waals surface area contributed by atoms with Crippen LogP contribution in [0.3, 0.4) is 0 Å². The second kappa shape index (κ2) is 9.43. The predicted octanol–water partition coefficient (Wildman–Crippen LogP) is 6.90. The molecule has 3 nitrogen and oxygen atoms in total. The monoisotopic (exact) mass is 505 g/mol. The first-order valence-corrected chi connectivity index (χ1v) is 10.3. The molecule has 3 rings (SSSR count). The SMILES string of the molecule is COc1cc(C=Nc2ccc(C)cc2C)cc(I)c1OCc1ccc(Cl)cc1. The van der Waals surface area contributed by atoms with Crippen molar-refractivity contribution in [2.75, 3.05) is 7.11 Å². The highest BCUT2D eigenvalue weighted by atomic mass is 127. The van der Waals surface area contributed by atoms with Gasteiger partial charge in [-0.05, 0) is 83.5 Å². The van der Waals surface area contributed by atoms with Crippen molar-refractivity contribution in [1.29, 1.82) is 0 Å². The molecule has 0 radical (unpaired) electrons. The molecule has 0 fully saturated rings. The lowest BCUT2D eigenvalue weighted by Gasteiger charge is -2.13. The number of methoxy groups -OCH3 is 1. The topological polar surface area (TPSA) is 30.8 Å². The van der Waals surface area contributed by atoms with Gasteiger partial charge in [0.2, 0.25) is 0 Å². The maximum atomic E-state index is 6.01. The van der Waals surface area contributed by atoms with E-state index in [9.17, 15) is 0 Å². The van der Waals surface area contributed by atoms with Crippen molar-refractivity contribution in [3.05, 3.63) is 85.4 Å². The average Bonchev–Trinajstić information content (AvgIpc) is 2.67. The van der Waals surface area contributed by atoms with Crippen LogP contribution in [0.15, 0.2) is 59.6 Å². The third kappa shape index (κ3) is 5.26. The molecule has 28 heavy (non-hydrogen) atoms. The molecule has 0 N–H and O–H groups in total. The summed E-state index contributed by atoms with van der Waals surface area (Å²) in [6.45, 7) is 4.59. The lowest BCUT2D eigenvalue weighted by molar-refractivity contribution is 0.282. The van der Waals surface area contributed by atoms with Crippen molar-refractivity contribution >= 4 is 46.1 Å². The minimum absolute atomic E-state index is 0.444. The highest BCUT2D eigenvalue weighted by Gasteiger charge is 2.11. The minimum Gasteiger partial charge on any atom is -0.493 e. The van der Waals surface area contributed by atoms with E-state index in [-0.39, 0.29) is 0 Å². The number of ether oxygens (including phenoxy) is 2. The molecule has 0 unspecified atom stereocenters. The molecule has 0 amide bonds. The number of benzene rings is 3. The minimum atomic E-state index is 0.444. The molecule has 144 valence electrons. The van der Waals surface area contributed by atoms with E-state index in [0.29, 0.717) is 17.4 Å². The highest BCUT2D eigenvalue weighted by Crippen LogP contribution is 2.34. The molecule has 0 aliphatic carbocycles. The molecular formula is C23H21ClINO2. The molecule has 0 saturated heterocycles. The van der Waals surface area contributed by atoms with Gasteiger partial charge in [-0.2, -0.15) is 0 Å². The number of aliphatic imine (C=N–C) groups is 1. The van der Waals surface area contributed by atoms with E-state index in [4.69, 9.17) is 21.1 Å². The van der Waals surface area contributed by atoms with E-state index >= 15 is 0 Å². The number of hydrogen-bond donors (Lipinski definition) is 0. The van der Waals surface area contributed by atoms with Crippen molar-refractivity contribution in [2.45, 2.75) is 20.5 Å². The van der Waals surface area contributed by atoms with Crippen LogP contribution in [0.2, 0.25) is 5.02 Å². The van der Waals surface area contributed by atoms with Crippen molar-refractivity contribution in [2.24, 2.45) is 4.99 Å². The quantitative estimate of drug-likeness (QED) is 0.269. The van der Waals surface area contributed by atoms with Gasteiger partial charge >= 0.3 is 0 Å². The van der Waals surface area contributed by atoms with Crippen LogP contribution in [0.1, 0.15) is 22.3 Å². The summed E-state index contributed by atoms with van der Waals surface area (Å²) in [5, 5.41) is 0.711. The lowest BCUT2D eigenvalue weighted by atomic mass is 10.1. The Bertz CT molecular complexity index is 1000. The number of aryl methyl sites for hydroxylation is 2. The fourth-order valence-corrected chi connectivity index (χ4v) is 3.69. The van der Waals surface area contributed by atoms with Crippen molar-refractivity contribution in [1.82, 2.24) is 0 Å². The summed E-state index contributed by atoms with van der Waals surface area (Å²) in [7, 11) is 1.64. The first-order chi connectivity index (χ1) is 13.5. The van der Waals surface area contributed by atoms with Crippen LogP contribution in [0.5, 0.6) is 11.5 Å². The lowest BCUT2D eigenvalue weighted by Crippen LogP contribution is -2.00. The number of halogens is 2. The summed E-state index contributed by atoms with van der Waals surface area (Å²) in [6.07, 6.45) is 1.85. The Labute approximate surface area is 184 Å². The zero-order valence-electron chi connectivity index (χ0n) is 16.0. The van der Waals surface area contributed by atoms with Gasteiger partial charge in [0, 0.05) is 11.2 Å². The zero-order chi connectivity index (χ0) is 20.1. The molecule has 0 aliphatic heterocycles. The Morgan fingerprint density at radius 3 is 2.46 bits per heavy atom. The third-order valence-corrected chi connectivity index (χ3v) is 5.31. The van der Waals surface area contributed by atoms with Gasteiger partial charge in [0.15, 0.2) is 11.5 Å². The summed E-state index contributed by atoms with van der Waals surface area (Å²) in [4.78, 5) is 4.63. The van der Waals surface area contributed by atoms with E-state index in [1.54, 1.807) is 7.11 Å². The fraction of sp³-hybridized carbons (Fsp3) is 0.174. The highest BCUT2D eigenvalue weighted by molar-refractivity contribution is 14.1. The summed E-state index contributed by atoms with van der Waals surface area (Å²) in [5.74, 6) is 1.41. The first kappa shape index (κ1) is 20.7. The van der Waals surface area contributed by atoms with Crippen molar-refractivity contribution in [3.8, 4) is 11.5 Å². The van der Waals surface area contributed by atoms with Gasteiger partial charge in [0.1, 0.15) is 6.61 Å². The summed E-state index contributed by atoms with van der Waals surface area (Å²) < 4.78 is 12.5. The van der Waals surface area contributed by atoms with E-state index in [0.717, 1.165) is 31.7 Å². The van der Waals surface area contributed by atoms with Gasteiger partial charge in [-0.25, -0.2) is 0 Å². The maximum Gasteiger partial charge on any atom is 0.174 e. The Morgan fingerprint density at radius 1 is 1.04 bits per heavy atom. The maximum absolute atomic E-state index is 6.01. The van der Waals surface area contributed by atoms with Gasteiger partial charge in [-0.15, -0.1) is 0 Å². The Morgan fingerprint density at radius 2 is 1.79 bits per heavy atom.